The Bertz CT molecular complexity index is 1750. The number of hydrogen-bond donors (Lipinski definition) is 1. The van der Waals surface area contributed by atoms with Crippen LogP contribution in [0.4, 0.5) is 0 Å². The normalized spacial score (nSPS) is 12.6. The van der Waals surface area contributed by atoms with Gasteiger partial charge in [0, 0.05) is 12.0 Å². The first kappa shape index (κ1) is 32.4. The fourth-order valence-electron chi connectivity index (χ4n) is 6.54. The Labute approximate surface area is 278 Å². The van der Waals surface area contributed by atoms with E-state index in [1.165, 1.54) is 16.7 Å². The lowest BCUT2D eigenvalue weighted by molar-refractivity contribution is 0.188. The topological polar surface area (TPSA) is 55.8 Å². The van der Waals surface area contributed by atoms with Crippen molar-refractivity contribution in [1.82, 2.24) is 0 Å². The highest BCUT2D eigenvalue weighted by atomic mass is 32.3. The van der Waals surface area contributed by atoms with Crippen molar-refractivity contribution in [3.8, 4) is 0 Å². The SMILES string of the molecule is O=S(Cc1ccccc1)(OB(O)OCCCC(c1ccccc1)(c1ccccc1)c1ccccc1)(c1ccccc1)c1ccccc1. The Kier molecular flexibility index (Phi) is 9.95. The minimum atomic E-state index is -4.41. The molecule has 0 radical (unpaired) electrons. The van der Waals surface area contributed by atoms with E-state index < -0.39 is 22.1 Å². The molecule has 6 heteroatoms. The summed E-state index contributed by atoms with van der Waals surface area (Å²) in [5.74, 6) is 0.0472. The van der Waals surface area contributed by atoms with Crippen molar-refractivity contribution in [2.75, 3.05) is 6.61 Å². The third kappa shape index (κ3) is 6.78. The molecule has 0 aliphatic rings. The summed E-state index contributed by atoms with van der Waals surface area (Å²) in [6.07, 6.45) is 1.30. The van der Waals surface area contributed by atoms with Gasteiger partial charge in [-0.2, -0.15) is 4.21 Å². The molecule has 236 valence electrons. The molecular weight excluding hydrogens is 599 g/mol. The first-order chi connectivity index (χ1) is 23.0. The highest BCUT2D eigenvalue weighted by Gasteiger charge is 2.42. The maximum atomic E-state index is 15.9. The van der Waals surface area contributed by atoms with Crippen molar-refractivity contribution in [3.63, 3.8) is 0 Å². The first-order valence-corrected chi connectivity index (χ1v) is 18.0. The van der Waals surface area contributed by atoms with Crippen LogP contribution >= 0.6 is 0 Å². The molecule has 0 saturated heterocycles. The van der Waals surface area contributed by atoms with E-state index in [1.54, 1.807) is 24.3 Å². The lowest BCUT2D eigenvalue weighted by Crippen LogP contribution is -2.44. The van der Waals surface area contributed by atoms with Gasteiger partial charge >= 0.3 is 7.32 Å². The average molecular weight is 639 g/mol. The fourth-order valence-corrected chi connectivity index (χ4v) is 10.1. The minimum absolute atomic E-state index is 0.0472. The third-order valence-electron chi connectivity index (χ3n) is 8.75. The van der Waals surface area contributed by atoms with E-state index in [0.29, 0.717) is 22.6 Å². The predicted octanol–water partition coefficient (Wildman–Crippen LogP) is 8.87. The summed E-state index contributed by atoms with van der Waals surface area (Å²) >= 11 is 0. The van der Waals surface area contributed by atoms with E-state index in [2.05, 4.69) is 72.8 Å². The zero-order valence-electron chi connectivity index (χ0n) is 26.3. The molecule has 6 aromatic carbocycles. The van der Waals surface area contributed by atoms with E-state index in [1.807, 2.05) is 84.9 Å². The van der Waals surface area contributed by atoms with Gasteiger partial charge in [-0.3, -0.25) is 4.10 Å². The van der Waals surface area contributed by atoms with Crippen LogP contribution in [0, 0.1) is 0 Å². The van der Waals surface area contributed by atoms with Crippen LogP contribution in [0.2, 0.25) is 0 Å². The molecule has 0 aliphatic carbocycles. The van der Waals surface area contributed by atoms with Crippen LogP contribution in [0.5, 0.6) is 0 Å². The zero-order valence-corrected chi connectivity index (χ0v) is 27.1. The Morgan fingerprint density at radius 2 is 0.894 bits per heavy atom. The lowest BCUT2D eigenvalue weighted by Gasteiger charge is -2.49. The molecule has 47 heavy (non-hydrogen) atoms. The molecule has 0 fully saturated rings. The highest BCUT2D eigenvalue weighted by Crippen LogP contribution is 2.48. The first-order valence-electron chi connectivity index (χ1n) is 16.0. The van der Waals surface area contributed by atoms with Crippen molar-refractivity contribution < 1.29 is 18.0 Å². The molecule has 0 spiro atoms. The molecule has 4 nitrogen and oxygen atoms in total. The van der Waals surface area contributed by atoms with Crippen LogP contribution in [-0.4, -0.2) is 23.2 Å². The van der Waals surface area contributed by atoms with Crippen molar-refractivity contribution in [2.45, 2.75) is 33.8 Å². The molecule has 6 rings (SSSR count). The Hall–Kier alpha value is -4.59. The second-order valence-electron chi connectivity index (χ2n) is 11.7. The van der Waals surface area contributed by atoms with Gasteiger partial charge in [0.05, 0.1) is 15.5 Å². The molecule has 0 aliphatic heterocycles. The van der Waals surface area contributed by atoms with Gasteiger partial charge in [-0.1, -0.05) is 158 Å². The highest BCUT2D eigenvalue weighted by molar-refractivity contribution is 8.15. The molecule has 6 aromatic rings. The van der Waals surface area contributed by atoms with E-state index >= 15 is 4.21 Å². The largest absolute Gasteiger partial charge is 0.656 e. The maximum absolute atomic E-state index is 15.9. The summed E-state index contributed by atoms with van der Waals surface area (Å²) in [6, 6.07) is 59.4. The lowest BCUT2D eigenvalue weighted by atomic mass is 9.67. The van der Waals surface area contributed by atoms with Gasteiger partial charge in [-0.05, 0) is 59.4 Å². The third-order valence-corrected chi connectivity index (χ3v) is 12.6. The van der Waals surface area contributed by atoms with E-state index in [0.717, 1.165) is 5.56 Å². The summed E-state index contributed by atoms with van der Waals surface area (Å²) in [7, 11) is -6.14. The zero-order chi connectivity index (χ0) is 32.4. The van der Waals surface area contributed by atoms with Crippen LogP contribution in [-0.2, 0) is 29.3 Å². The van der Waals surface area contributed by atoms with Crippen molar-refractivity contribution in [1.29, 1.82) is 0 Å². The Morgan fingerprint density at radius 1 is 0.532 bits per heavy atom. The molecule has 0 heterocycles. The van der Waals surface area contributed by atoms with E-state index in [9.17, 15) is 5.02 Å². The van der Waals surface area contributed by atoms with Crippen LogP contribution in [0.3, 0.4) is 0 Å². The Balaban J connectivity index is 1.30. The maximum Gasteiger partial charge on any atom is 0.656 e. The van der Waals surface area contributed by atoms with Crippen LogP contribution in [0.1, 0.15) is 35.1 Å². The summed E-state index contributed by atoms with van der Waals surface area (Å²) in [6.45, 7) is 0.188. The smallest absolute Gasteiger partial charge is 0.401 e. The monoisotopic (exact) mass is 638 g/mol. The molecule has 0 bridgehead atoms. The quantitative estimate of drug-likeness (QED) is 0.0736. The van der Waals surface area contributed by atoms with Gasteiger partial charge in [-0.25, -0.2) is 0 Å². The van der Waals surface area contributed by atoms with Gasteiger partial charge in [-0.15, -0.1) is 9.35 Å². The molecular formula is C41H39BO4S. The van der Waals surface area contributed by atoms with Crippen molar-refractivity contribution >= 4 is 16.7 Å². The average Bonchev–Trinajstić information content (AvgIpc) is 3.14. The van der Waals surface area contributed by atoms with Gasteiger partial charge in [0.15, 0.2) is 0 Å². The Morgan fingerprint density at radius 3 is 1.30 bits per heavy atom. The molecule has 0 amide bonds. The second-order valence-corrected chi connectivity index (χ2v) is 15.1. The van der Waals surface area contributed by atoms with Crippen molar-refractivity contribution in [2.24, 2.45) is 0 Å². The number of rotatable bonds is 14. The standard InChI is InChI=1S/C41H39BO4S/c43-42(46-47(44,39-28-15-5-16-29-39,40-30-17-6-18-31-40)34-35-20-7-1-8-21-35)45-33-19-32-41(36-22-9-2-10-23-36,37-24-11-3-12-25-37)38-26-13-4-14-27-38/h1-18,20-31,43H,19,32-34H2. The fraction of sp³-hybridized carbons (Fsp3) is 0.122. The predicted molar refractivity (Wildman–Crippen MR) is 191 cm³/mol. The van der Waals surface area contributed by atoms with Crippen LogP contribution < -0.4 is 0 Å². The molecule has 0 atom stereocenters. The minimum Gasteiger partial charge on any atom is -0.401 e. The van der Waals surface area contributed by atoms with Gasteiger partial charge in [0.1, 0.15) is 0 Å². The molecule has 1 N–H and O–H groups in total. The van der Waals surface area contributed by atoms with E-state index in [-0.39, 0.29) is 12.4 Å². The summed E-state index contributed by atoms with van der Waals surface area (Å²) in [5.41, 5.74) is 3.90. The van der Waals surface area contributed by atoms with Gasteiger partial charge in [0.2, 0.25) is 0 Å². The second kappa shape index (κ2) is 14.5. The summed E-state index contributed by atoms with van der Waals surface area (Å²) in [5, 5.41) is 11.4. The molecule has 0 unspecified atom stereocenters. The summed E-state index contributed by atoms with van der Waals surface area (Å²) in [4.78, 5) is 0.969. The molecule has 0 saturated carbocycles. The summed E-state index contributed by atoms with van der Waals surface area (Å²) < 4.78 is 28.2. The van der Waals surface area contributed by atoms with Crippen LogP contribution in [0.15, 0.2) is 192 Å². The van der Waals surface area contributed by atoms with Crippen LogP contribution in [0.25, 0.3) is 0 Å². The number of hydrogen-bond acceptors (Lipinski definition) is 4. The van der Waals surface area contributed by atoms with Gasteiger partial charge < -0.3 is 9.68 Å². The van der Waals surface area contributed by atoms with Gasteiger partial charge in [0.25, 0.3) is 0 Å². The van der Waals surface area contributed by atoms with E-state index in [4.69, 9.17) is 8.75 Å². The van der Waals surface area contributed by atoms with Crippen molar-refractivity contribution in [3.05, 3.63) is 204 Å². The molecule has 0 aromatic heterocycles. The number of benzene rings is 6.